The minimum Gasteiger partial charge on any atom is -0.478 e. The van der Waals surface area contributed by atoms with Crippen LogP contribution in [0.25, 0.3) is 22.5 Å². The maximum absolute atomic E-state index is 11.5. The van der Waals surface area contributed by atoms with Crippen LogP contribution in [0.15, 0.2) is 54.9 Å². The van der Waals surface area contributed by atoms with Gasteiger partial charge in [-0.25, -0.2) is 14.4 Å². The fourth-order valence-electron chi connectivity index (χ4n) is 2.49. The second-order valence-corrected chi connectivity index (χ2v) is 5.57. The van der Waals surface area contributed by atoms with Crippen molar-refractivity contribution in [2.24, 2.45) is 0 Å². The Labute approximate surface area is 152 Å². The van der Waals surface area contributed by atoms with Crippen molar-refractivity contribution < 1.29 is 29.7 Å². The average Bonchev–Trinajstić information content (AvgIpc) is 2.67. The Bertz CT molecular complexity index is 1000. The maximum Gasteiger partial charge on any atom is 0.335 e. The number of hydrogen-bond donors (Lipinski definition) is 3. The van der Waals surface area contributed by atoms with Gasteiger partial charge in [-0.05, 0) is 42.5 Å². The number of aromatic nitrogens is 2. The van der Waals surface area contributed by atoms with Crippen molar-refractivity contribution in [3.05, 3.63) is 71.5 Å². The largest absolute Gasteiger partial charge is 0.478 e. The molecule has 3 rings (SSSR count). The van der Waals surface area contributed by atoms with E-state index in [1.54, 1.807) is 6.07 Å². The van der Waals surface area contributed by atoms with Gasteiger partial charge in [0.1, 0.15) is 0 Å². The van der Waals surface area contributed by atoms with E-state index in [1.165, 1.54) is 48.8 Å². The third kappa shape index (κ3) is 3.79. The molecule has 0 fully saturated rings. The Morgan fingerprint density at radius 3 is 1.37 bits per heavy atom. The Balaban J connectivity index is 2.18. The molecule has 3 aromatic rings. The van der Waals surface area contributed by atoms with Crippen LogP contribution < -0.4 is 0 Å². The Morgan fingerprint density at radius 2 is 1.00 bits per heavy atom. The Morgan fingerprint density at radius 1 is 0.593 bits per heavy atom. The van der Waals surface area contributed by atoms with Crippen molar-refractivity contribution in [2.75, 3.05) is 0 Å². The summed E-state index contributed by atoms with van der Waals surface area (Å²) in [5, 5.41) is 27.6. The van der Waals surface area contributed by atoms with Crippen LogP contribution in [0.2, 0.25) is 0 Å². The van der Waals surface area contributed by atoms with Crippen molar-refractivity contribution in [3.8, 4) is 22.5 Å². The quantitative estimate of drug-likeness (QED) is 0.628. The summed E-state index contributed by atoms with van der Waals surface area (Å²) in [7, 11) is 0. The summed E-state index contributed by atoms with van der Waals surface area (Å²) in [5.74, 6) is -3.46. The van der Waals surface area contributed by atoms with Gasteiger partial charge in [0.2, 0.25) is 0 Å². The van der Waals surface area contributed by atoms with Gasteiger partial charge >= 0.3 is 17.9 Å². The van der Waals surface area contributed by atoms with Gasteiger partial charge in [-0.1, -0.05) is 0 Å². The van der Waals surface area contributed by atoms with E-state index >= 15 is 0 Å². The minimum absolute atomic E-state index is 0.00766. The van der Waals surface area contributed by atoms with E-state index in [2.05, 4.69) is 9.97 Å². The highest BCUT2D eigenvalue weighted by Gasteiger charge is 2.14. The smallest absolute Gasteiger partial charge is 0.335 e. The van der Waals surface area contributed by atoms with Crippen molar-refractivity contribution in [1.82, 2.24) is 9.97 Å². The molecule has 134 valence electrons. The molecule has 0 aliphatic carbocycles. The molecule has 3 N–H and O–H groups in total. The van der Waals surface area contributed by atoms with Crippen LogP contribution in [0.4, 0.5) is 0 Å². The standard InChI is InChI=1S/C19H12N2O6/c22-17(23)10-1-3-20-15(8-10)12-5-13(7-14(6-12)19(26)27)16-9-11(18(24)25)2-4-21-16/h1-9H,(H,22,23)(H,24,25)(H,26,27). The van der Waals surface area contributed by atoms with Gasteiger partial charge in [0, 0.05) is 23.5 Å². The highest BCUT2D eigenvalue weighted by Crippen LogP contribution is 2.27. The monoisotopic (exact) mass is 364 g/mol. The summed E-state index contributed by atoms with van der Waals surface area (Å²) in [4.78, 5) is 42.0. The summed E-state index contributed by atoms with van der Waals surface area (Å²) < 4.78 is 0. The van der Waals surface area contributed by atoms with E-state index in [0.717, 1.165) is 0 Å². The molecule has 0 saturated heterocycles. The van der Waals surface area contributed by atoms with Crippen LogP contribution in [0.5, 0.6) is 0 Å². The second kappa shape index (κ2) is 7.04. The van der Waals surface area contributed by atoms with Crippen LogP contribution >= 0.6 is 0 Å². The highest BCUT2D eigenvalue weighted by molar-refractivity contribution is 5.93. The van der Waals surface area contributed by atoms with Crippen LogP contribution in [0, 0.1) is 0 Å². The number of aromatic carboxylic acids is 3. The molecule has 8 nitrogen and oxygen atoms in total. The number of benzene rings is 1. The fraction of sp³-hybridized carbons (Fsp3) is 0. The van der Waals surface area contributed by atoms with Gasteiger partial charge in [0.15, 0.2) is 0 Å². The fourth-order valence-corrected chi connectivity index (χ4v) is 2.49. The molecule has 0 aliphatic rings. The molecule has 0 saturated carbocycles. The number of hydrogen-bond acceptors (Lipinski definition) is 5. The predicted octanol–water partition coefficient (Wildman–Crippen LogP) is 2.91. The molecule has 2 heterocycles. The number of carboxylic acid groups (broad SMARTS) is 3. The number of rotatable bonds is 5. The number of carbonyl (C=O) groups is 3. The number of pyridine rings is 2. The predicted molar refractivity (Wildman–Crippen MR) is 93.8 cm³/mol. The third-order valence-electron chi connectivity index (χ3n) is 3.79. The van der Waals surface area contributed by atoms with Gasteiger partial charge in [-0.2, -0.15) is 0 Å². The molecule has 27 heavy (non-hydrogen) atoms. The molecule has 0 spiro atoms. The molecular weight excluding hydrogens is 352 g/mol. The summed E-state index contributed by atoms with van der Waals surface area (Å²) in [6.07, 6.45) is 2.63. The lowest BCUT2D eigenvalue weighted by atomic mass is 9.99. The minimum atomic E-state index is -1.19. The lowest BCUT2D eigenvalue weighted by Gasteiger charge is -2.08. The van der Waals surface area contributed by atoms with E-state index < -0.39 is 17.9 Å². The van der Waals surface area contributed by atoms with Crippen molar-refractivity contribution in [2.45, 2.75) is 0 Å². The van der Waals surface area contributed by atoms with Gasteiger partial charge in [0.25, 0.3) is 0 Å². The normalized spacial score (nSPS) is 10.4. The molecule has 0 radical (unpaired) electrons. The van der Waals surface area contributed by atoms with Crippen molar-refractivity contribution in [3.63, 3.8) is 0 Å². The van der Waals surface area contributed by atoms with E-state index in [1.807, 2.05) is 0 Å². The zero-order valence-electron chi connectivity index (χ0n) is 13.7. The lowest BCUT2D eigenvalue weighted by molar-refractivity contribution is 0.0686. The van der Waals surface area contributed by atoms with Crippen LogP contribution in [0.1, 0.15) is 31.1 Å². The van der Waals surface area contributed by atoms with E-state index in [-0.39, 0.29) is 28.1 Å². The van der Waals surface area contributed by atoms with Crippen LogP contribution in [0.3, 0.4) is 0 Å². The third-order valence-corrected chi connectivity index (χ3v) is 3.79. The number of carboxylic acids is 3. The van der Waals surface area contributed by atoms with E-state index in [0.29, 0.717) is 11.1 Å². The molecule has 0 aliphatic heterocycles. The van der Waals surface area contributed by atoms with Gasteiger partial charge < -0.3 is 15.3 Å². The summed E-state index contributed by atoms with van der Waals surface area (Å²) in [5.41, 5.74) is 1.24. The molecule has 0 atom stereocenters. The molecule has 0 bridgehead atoms. The summed E-state index contributed by atoms with van der Waals surface area (Å²) in [6.45, 7) is 0. The topological polar surface area (TPSA) is 138 Å². The molecular formula is C19H12N2O6. The summed E-state index contributed by atoms with van der Waals surface area (Å²) in [6, 6.07) is 9.61. The zero-order valence-corrected chi connectivity index (χ0v) is 13.7. The molecule has 0 amide bonds. The van der Waals surface area contributed by atoms with E-state index in [9.17, 15) is 19.5 Å². The van der Waals surface area contributed by atoms with Crippen molar-refractivity contribution >= 4 is 17.9 Å². The molecule has 1 aromatic carbocycles. The van der Waals surface area contributed by atoms with Crippen LogP contribution in [-0.4, -0.2) is 43.2 Å². The molecule has 2 aromatic heterocycles. The lowest BCUT2D eigenvalue weighted by Crippen LogP contribution is -2.01. The van der Waals surface area contributed by atoms with Crippen LogP contribution in [-0.2, 0) is 0 Å². The Hall–Kier alpha value is -4.07. The summed E-state index contributed by atoms with van der Waals surface area (Å²) >= 11 is 0. The first-order chi connectivity index (χ1) is 12.8. The van der Waals surface area contributed by atoms with Gasteiger partial charge in [0.05, 0.1) is 28.1 Å². The average molecular weight is 364 g/mol. The SMILES string of the molecule is O=C(O)c1cc(-c2cc(C(=O)O)ccn2)cc(-c2cc(C(=O)O)ccn2)c1. The second-order valence-electron chi connectivity index (χ2n) is 5.57. The first kappa shape index (κ1) is 17.7. The molecule has 0 unspecified atom stereocenters. The Kier molecular flexibility index (Phi) is 4.63. The van der Waals surface area contributed by atoms with Gasteiger partial charge in [-0.15, -0.1) is 0 Å². The van der Waals surface area contributed by atoms with Gasteiger partial charge in [-0.3, -0.25) is 9.97 Å². The number of nitrogens with zero attached hydrogens (tertiary/aromatic N) is 2. The van der Waals surface area contributed by atoms with E-state index in [4.69, 9.17) is 10.2 Å². The maximum atomic E-state index is 11.5. The highest BCUT2D eigenvalue weighted by atomic mass is 16.4. The molecule has 8 heteroatoms. The first-order valence-electron chi connectivity index (χ1n) is 7.63. The first-order valence-corrected chi connectivity index (χ1v) is 7.63. The zero-order chi connectivity index (χ0) is 19.6. The van der Waals surface area contributed by atoms with Crippen molar-refractivity contribution in [1.29, 1.82) is 0 Å².